The van der Waals surface area contributed by atoms with Gasteiger partial charge in [0.05, 0.1) is 0 Å². The molecule has 3 nitrogen and oxygen atoms in total. The van der Waals surface area contributed by atoms with E-state index in [1.807, 2.05) is 0 Å². The topological polar surface area (TPSA) is 33.2 Å². The van der Waals surface area contributed by atoms with Crippen LogP contribution in [-0.2, 0) is 0 Å². The minimum absolute atomic E-state index is 0.0672. The molecule has 2 aromatic rings. The number of carbonyl (C=O) groups excluding carboxylic acids is 1. The Kier molecular flexibility index (Phi) is 4.71. The monoisotopic (exact) mass is 328 g/mol. The minimum Gasteiger partial charge on any atom is -0.284 e. The van der Waals surface area contributed by atoms with Crippen molar-refractivity contribution in [3.05, 3.63) is 58.7 Å². The third-order valence-electron chi connectivity index (χ3n) is 2.80. The Morgan fingerprint density at radius 2 is 2.00 bits per heavy atom. The standard InChI is InChI=1S/C15H12ClF3N2O/c1-10-6-11(8-12(16)7-10)14(22)21(9-15(17,18)19)13-4-2-3-5-20-13/h2-8H,9H2,1H3. The second-order valence-electron chi connectivity index (χ2n) is 4.71. The van der Waals surface area contributed by atoms with E-state index >= 15 is 0 Å². The third-order valence-corrected chi connectivity index (χ3v) is 3.02. The van der Waals surface area contributed by atoms with Crippen molar-refractivity contribution in [3.8, 4) is 0 Å². The fourth-order valence-electron chi connectivity index (χ4n) is 1.97. The molecule has 7 heteroatoms. The molecule has 0 spiro atoms. The van der Waals surface area contributed by atoms with E-state index in [4.69, 9.17) is 11.6 Å². The van der Waals surface area contributed by atoms with Crippen molar-refractivity contribution in [2.24, 2.45) is 0 Å². The zero-order valence-corrected chi connectivity index (χ0v) is 12.3. The van der Waals surface area contributed by atoms with Gasteiger partial charge in [-0.15, -0.1) is 0 Å². The normalized spacial score (nSPS) is 11.3. The van der Waals surface area contributed by atoms with Gasteiger partial charge in [-0.3, -0.25) is 9.69 Å². The van der Waals surface area contributed by atoms with Crippen LogP contribution in [0.2, 0.25) is 5.02 Å². The maximum atomic E-state index is 12.8. The molecular weight excluding hydrogens is 317 g/mol. The van der Waals surface area contributed by atoms with Gasteiger partial charge in [0.1, 0.15) is 12.4 Å². The number of aromatic nitrogens is 1. The smallest absolute Gasteiger partial charge is 0.284 e. The van der Waals surface area contributed by atoms with Crippen LogP contribution in [0.5, 0.6) is 0 Å². The number of aryl methyl sites for hydroxylation is 1. The molecule has 2 rings (SSSR count). The Morgan fingerprint density at radius 1 is 1.27 bits per heavy atom. The quantitative estimate of drug-likeness (QED) is 0.843. The SMILES string of the molecule is Cc1cc(Cl)cc(C(=O)N(CC(F)(F)F)c2ccccn2)c1. The number of nitrogens with zero attached hydrogens (tertiary/aromatic N) is 2. The Labute approximate surface area is 130 Å². The largest absolute Gasteiger partial charge is 0.406 e. The molecule has 22 heavy (non-hydrogen) atoms. The summed E-state index contributed by atoms with van der Waals surface area (Å²) in [5.41, 5.74) is 0.767. The summed E-state index contributed by atoms with van der Waals surface area (Å²) in [4.78, 5) is 16.9. The zero-order chi connectivity index (χ0) is 16.3. The van der Waals surface area contributed by atoms with E-state index in [0.717, 1.165) is 0 Å². The molecule has 0 aliphatic rings. The van der Waals surface area contributed by atoms with Gasteiger partial charge >= 0.3 is 6.18 Å². The van der Waals surface area contributed by atoms with Gasteiger partial charge in [-0.05, 0) is 42.8 Å². The van der Waals surface area contributed by atoms with Crippen molar-refractivity contribution in [2.75, 3.05) is 11.4 Å². The van der Waals surface area contributed by atoms with E-state index in [1.165, 1.54) is 30.5 Å². The van der Waals surface area contributed by atoms with Crippen LogP contribution >= 0.6 is 11.6 Å². The summed E-state index contributed by atoms with van der Waals surface area (Å²) in [5, 5.41) is 0.288. The van der Waals surface area contributed by atoms with Gasteiger partial charge in [-0.25, -0.2) is 4.98 Å². The van der Waals surface area contributed by atoms with E-state index in [-0.39, 0.29) is 16.4 Å². The number of pyridine rings is 1. The lowest BCUT2D eigenvalue weighted by Gasteiger charge is -2.23. The van der Waals surface area contributed by atoms with Gasteiger partial charge in [0.25, 0.3) is 5.91 Å². The molecule has 0 saturated carbocycles. The molecule has 0 unspecified atom stereocenters. The van der Waals surface area contributed by atoms with E-state index in [1.54, 1.807) is 19.1 Å². The lowest BCUT2D eigenvalue weighted by Crippen LogP contribution is -2.39. The molecular formula is C15H12ClF3N2O. The molecule has 0 saturated heterocycles. The summed E-state index contributed by atoms with van der Waals surface area (Å²) >= 11 is 5.87. The predicted octanol–water partition coefficient (Wildman–Crippen LogP) is 4.25. The van der Waals surface area contributed by atoms with Crippen LogP contribution in [0.3, 0.4) is 0 Å². The molecule has 116 valence electrons. The fourth-order valence-corrected chi connectivity index (χ4v) is 2.25. The Morgan fingerprint density at radius 3 is 2.55 bits per heavy atom. The summed E-state index contributed by atoms with van der Waals surface area (Å²) in [6, 6.07) is 8.86. The number of hydrogen-bond acceptors (Lipinski definition) is 2. The van der Waals surface area contributed by atoms with Crippen LogP contribution in [0.15, 0.2) is 42.6 Å². The molecule has 0 bridgehead atoms. The molecule has 1 aromatic carbocycles. The first-order valence-corrected chi connectivity index (χ1v) is 6.71. The third kappa shape index (κ3) is 4.21. The molecule has 1 heterocycles. The van der Waals surface area contributed by atoms with E-state index in [9.17, 15) is 18.0 Å². The highest BCUT2D eigenvalue weighted by Crippen LogP contribution is 2.24. The number of hydrogen-bond donors (Lipinski definition) is 0. The maximum Gasteiger partial charge on any atom is 0.406 e. The number of anilines is 1. The van der Waals surface area contributed by atoms with Crippen LogP contribution in [0.25, 0.3) is 0 Å². The van der Waals surface area contributed by atoms with Gasteiger partial charge in [0, 0.05) is 16.8 Å². The number of alkyl halides is 3. The van der Waals surface area contributed by atoms with E-state index in [2.05, 4.69) is 4.98 Å². The summed E-state index contributed by atoms with van der Waals surface area (Å²) in [5.74, 6) is -0.871. The van der Waals surface area contributed by atoms with Crippen molar-refractivity contribution >= 4 is 23.3 Å². The van der Waals surface area contributed by atoms with Gasteiger partial charge in [0.2, 0.25) is 0 Å². The number of benzene rings is 1. The van der Waals surface area contributed by atoms with Crippen molar-refractivity contribution in [2.45, 2.75) is 13.1 Å². The van der Waals surface area contributed by atoms with Crippen LogP contribution in [-0.4, -0.2) is 23.6 Å². The van der Waals surface area contributed by atoms with E-state index in [0.29, 0.717) is 10.5 Å². The second-order valence-corrected chi connectivity index (χ2v) is 5.15. The molecule has 0 fully saturated rings. The highest BCUT2D eigenvalue weighted by molar-refractivity contribution is 6.31. The highest BCUT2D eigenvalue weighted by atomic mass is 35.5. The van der Waals surface area contributed by atoms with Crippen molar-refractivity contribution in [3.63, 3.8) is 0 Å². The Bertz CT molecular complexity index is 654. The van der Waals surface area contributed by atoms with Crippen LogP contribution < -0.4 is 4.90 Å². The van der Waals surface area contributed by atoms with Crippen LogP contribution in [0, 0.1) is 6.92 Å². The minimum atomic E-state index is -4.54. The zero-order valence-electron chi connectivity index (χ0n) is 11.6. The molecule has 0 atom stereocenters. The second kappa shape index (κ2) is 6.36. The van der Waals surface area contributed by atoms with Gasteiger partial charge in [0.15, 0.2) is 0 Å². The molecule has 1 aromatic heterocycles. The average molecular weight is 329 g/mol. The molecule has 1 amide bonds. The lowest BCUT2D eigenvalue weighted by molar-refractivity contribution is -0.118. The van der Waals surface area contributed by atoms with Crippen LogP contribution in [0.4, 0.5) is 19.0 Å². The molecule has 0 aliphatic carbocycles. The van der Waals surface area contributed by atoms with E-state index < -0.39 is 18.6 Å². The number of rotatable bonds is 3. The first-order chi connectivity index (χ1) is 10.3. The van der Waals surface area contributed by atoms with Crippen molar-refractivity contribution in [1.29, 1.82) is 0 Å². The van der Waals surface area contributed by atoms with Crippen molar-refractivity contribution in [1.82, 2.24) is 4.98 Å². The lowest BCUT2D eigenvalue weighted by atomic mass is 10.1. The predicted molar refractivity (Wildman–Crippen MR) is 78.2 cm³/mol. The van der Waals surface area contributed by atoms with Crippen LogP contribution in [0.1, 0.15) is 15.9 Å². The first kappa shape index (κ1) is 16.3. The number of carbonyl (C=O) groups is 1. The summed E-state index contributed by atoms with van der Waals surface area (Å²) in [6.45, 7) is 0.284. The summed E-state index contributed by atoms with van der Waals surface area (Å²) in [7, 11) is 0. The Hall–Kier alpha value is -2.08. The number of amides is 1. The molecule has 0 aliphatic heterocycles. The summed E-state index contributed by atoms with van der Waals surface area (Å²) < 4.78 is 38.3. The maximum absolute atomic E-state index is 12.8. The fraction of sp³-hybridized carbons (Fsp3) is 0.200. The molecule has 0 N–H and O–H groups in total. The Balaban J connectivity index is 2.42. The molecule has 0 radical (unpaired) electrons. The first-order valence-electron chi connectivity index (χ1n) is 6.33. The van der Waals surface area contributed by atoms with Crippen molar-refractivity contribution < 1.29 is 18.0 Å². The van der Waals surface area contributed by atoms with Gasteiger partial charge in [-0.2, -0.15) is 13.2 Å². The van der Waals surface area contributed by atoms with Gasteiger partial charge < -0.3 is 0 Å². The average Bonchev–Trinajstić information content (AvgIpc) is 2.43. The highest BCUT2D eigenvalue weighted by Gasteiger charge is 2.34. The van der Waals surface area contributed by atoms with Gasteiger partial charge in [-0.1, -0.05) is 17.7 Å². The summed E-state index contributed by atoms with van der Waals surface area (Å²) in [6.07, 6.45) is -3.21. The number of halogens is 4.